The molecule has 0 aliphatic rings. The fourth-order valence-electron chi connectivity index (χ4n) is 1.64. The number of nitrogens with two attached hydrogens (primary N) is 1. The van der Waals surface area contributed by atoms with Crippen molar-refractivity contribution in [3.05, 3.63) is 24.3 Å². The van der Waals surface area contributed by atoms with E-state index in [2.05, 4.69) is 10.6 Å². The van der Waals surface area contributed by atoms with Crippen molar-refractivity contribution in [1.29, 1.82) is 0 Å². The molecule has 0 bridgehead atoms. The largest absolute Gasteiger partial charge is 0.372 e. The number of amides is 2. The molecule has 6 nitrogen and oxygen atoms in total. The minimum absolute atomic E-state index is 0. The molecule has 0 aliphatic carbocycles. The second-order valence-electron chi connectivity index (χ2n) is 6.28. The van der Waals surface area contributed by atoms with E-state index in [9.17, 15) is 9.59 Å². The standard InChI is InChI=1S/C16H25N3O3.ClH/c1-10(22-5)14(20)18-11-7-6-8-12(9-11)19-15(21)13(17)16(2,3)4;/h6-10,13H,17H2,1-5H3,(H,18,20)(H,19,21);1H/t10?,13-;/m1./s1. The lowest BCUT2D eigenvalue weighted by atomic mass is 9.87. The number of methoxy groups -OCH3 is 1. The highest BCUT2D eigenvalue weighted by Crippen LogP contribution is 2.20. The Hall–Kier alpha value is -1.63. The van der Waals surface area contributed by atoms with E-state index in [1.165, 1.54) is 7.11 Å². The zero-order chi connectivity index (χ0) is 16.9. The Kier molecular flexibility index (Phi) is 8.23. The molecule has 0 saturated carbocycles. The number of halogens is 1. The van der Waals surface area contributed by atoms with E-state index in [-0.39, 0.29) is 29.6 Å². The van der Waals surface area contributed by atoms with Gasteiger partial charge in [0.1, 0.15) is 6.10 Å². The van der Waals surface area contributed by atoms with E-state index in [1.54, 1.807) is 31.2 Å². The normalized spacial score (nSPS) is 13.5. The van der Waals surface area contributed by atoms with Crippen LogP contribution >= 0.6 is 12.4 Å². The fraction of sp³-hybridized carbons (Fsp3) is 0.500. The summed E-state index contributed by atoms with van der Waals surface area (Å²) in [6.07, 6.45) is -0.549. The van der Waals surface area contributed by atoms with Crippen molar-refractivity contribution in [3.8, 4) is 0 Å². The number of anilines is 2. The highest BCUT2D eigenvalue weighted by molar-refractivity contribution is 5.97. The number of benzene rings is 1. The van der Waals surface area contributed by atoms with Crippen LogP contribution in [0.2, 0.25) is 0 Å². The van der Waals surface area contributed by atoms with Crippen LogP contribution in [-0.4, -0.2) is 31.1 Å². The molecule has 1 aromatic rings. The minimum Gasteiger partial charge on any atom is -0.372 e. The van der Waals surface area contributed by atoms with E-state index < -0.39 is 12.1 Å². The summed E-state index contributed by atoms with van der Waals surface area (Å²) in [6, 6.07) is 6.26. The molecule has 4 N–H and O–H groups in total. The molecule has 0 spiro atoms. The maximum absolute atomic E-state index is 12.1. The van der Waals surface area contributed by atoms with Crippen molar-refractivity contribution < 1.29 is 14.3 Å². The summed E-state index contributed by atoms with van der Waals surface area (Å²) >= 11 is 0. The van der Waals surface area contributed by atoms with E-state index in [1.807, 2.05) is 20.8 Å². The third-order valence-electron chi connectivity index (χ3n) is 3.34. The van der Waals surface area contributed by atoms with Crippen LogP contribution in [0.15, 0.2) is 24.3 Å². The van der Waals surface area contributed by atoms with Crippen LogP contribution in [0.5, 0.6) is 0 Å². The van der Waals surface area contributed by atoms with Crippen molar-refractivity contribution in [3.63, 3.8) is 0 Å². The van der Waals surface area contributed by atoms with Gasteiger partial charge >= 0.3 is 0 Å². The minimum atomic E-state index is -0.626. The Morgan fingerprint density at radius 2 is 1.61 bits per heavy atom. The van der Waals surface area contributed by atoms with Crippen LogP contribution in [0.1, 0.15) is 27.7 Å². The van der Waals surface area contributed by atoms with Gasteiger partial charge in [0.15, 0.2) is 0 Å². The maximum atomic E-state index is 12.1. The summed E-state index contributed by atoms with van der Waals surface area (Å²) in [5, 5.41) is 5.48. The van der Waals surface area contributed by atoms with Crippen molar-refractivity contribution in [1.82, 2.24) is 0 Å². The fourth-order valence-corrected chi connectivity index (χ4v) is 1.64. The summed E-state index contributed by atoms with van der Waals surface area (Å²) in [5.74, 6) is -0.515. The Bertz CT molecular complexity index is 544. The summed E-state index contributed by atoms with van der Waals surface area (Å²) in [4.78, 5) is 23.9. The number of carbonyl (C=O) groups is 2. The molecular weight excluding hydrogens is 318 g/mol. The van der Waals surface area contributed by atoms with Crippen molar-refractivity contribution >= 4 is 35.6 Å². The van der Waals surface area contributed by atoms with Gasteiger partial charge in [0.2, 0.25) is 5.91 Å². The molecule has 130 valence electrons. The quantitative estimate of drug-likeness (QED) is 0.765. The van der Waals surface area contributed by atoms with Gasteiger partial charge < -0.3 is 21.1 Å². The summed E-state index contributed by atoms with van der Waals surface area (Å²) in [5.41, 5.74) is 6.75. The van der Waals surface area contributed by atoms with Gasteiger partial charge in [-0.2, -0.15) is 0 Å². The van der Waals surface area contributed by atoms with Crippen molar-refractivity contribution in [2.75, 3.05) is 17.7 Å². The molecule has 0 aromatic heterocycles. The first-order valence-corrected chi connectivity index (χ1v) is 7.15. The summed E-state index contributed by atoms with van der Waals surface area (Å²) < 4.78 is 4.95. The second kappa shape index (κ2) is 8.86. The van der Waals surface area contributed by atoms with Gasteiger partial charge in [0.05, 0.1) is 6.04 Å². The van der Waals surface area contributed by atoms with E-state index in [4.69, 9.17) is 10.5 Å². The number of nitrogens with one attached hydrogen (secondary N) is 2. The Morgan fingerprint density at radius 1 is 1.13 bits per heavy atom. The third kappa shape index (κ3) is 6.56. The second-order valence-corrected chi connectivity index (χ2v) is 6.28. The van der Waals surface area contributed by atoms with Crippen LogP contribution < -0.4 is 16.4 Å². The Balaban J connectivity index is 0.00000484. The molecule has 0 aliphatic heterocycles. The predicted octanol–water partition coefficient (Wildman–Crippen LogP) is 2.39. The van der Waals surface area contributed by atoms with Crippen LogP contribution in [0.25, 0.3) is 0 Å². The first kappa shape index (κ1) is 21.4. The SMILES string of the molecule is COC(C)C(=O)Nc1cccc(NC(=O)[C@@H](N)C(C)(C)C)c1.Cl. The first-order chi connectivity index (χ1) is 10.1. The zero-order valence-corrected chi connectivity index (χ0v) is 15.0. The molecule has 1 rings (SSSR count). The van der Waals surface area contributed by atoms with Crippen LogP contribution in [0.3, 0.4) is 0 Å². The van der Waals surface area contributed by atoms with Crippen molar-refractivity contribution in [2.24, 2.45) is 11.1 Å². The van der Waals surface area contributed by atoms with Gasteiger partial charge in [-0.3, -0.25) is 9.59 Å². The molecule has 0 saturated heterocycles. The third-order valence-corrected chi connectivity index (χ3v) is 3.34. The monoisotopic (exact) mass is 343 g/mol. The number of carbonyl (C=O) groups excluding carboxylic acids is 2. The van der Waals surface area contributed by atoms with Crippen LogP contribution in [-0.2, 0) is 14.3 Å². The van der Waals surface area contributed by atoms with E-state index in [0.29, 0.717) is 11.4 Å². The van der Waals surface area contributed by atoms with Crippen LogP contribution in [0.4, 0.5) is 11.4 Å². The van der Waals surface area contributed by atoms with Gasteiger partial charge in [-0.15, -0.1) is 12.4 Å². The van der Waals surface area contributed by atoms with Crippen LogP contribution in [0, 0.1) is 5.41 Å². The molecule has 2 atom stereocenters. The topological polar surface area (TPSA) is 93.5 Å². The summed E-state index contributed by atoms with van der Waals surface area (Å²) in [6.45, 7) is 7.36. The van der Waals surface area contributed by atoms with E-state index in [0.717, 1.165) is 0 Å². The molecule has 0 heterocycles. The highest BCUT2D eigenvalue weighted by Gasteiger charge is 2.27. The number of hydrogen-bond acceptors (Lipinski definition) is 4. The maximum Gasteiger partial charge on any atom is 0.253 e. The van der Waals surface area contributed by atoms with Gasteiger partial charge in [-0.1, -0.05) is 26.8 Å². The first-order valence-electron chi connectivity index (χ1n) is 7.15. The molecular formula is C16H26ClN3O3. The van der Waals surface area contributed by atoms with Gasteiger partial charge in [0, 0.05) is 18.5 Å². The lowest BCUT2D eigenvalue weighted by Crippen LogP contribution is -2.45. The molecule has 23 heavy (non-hydrogen) atoms. The van der Waals surface area contributed by atoms with E-state index >= 15 is 0 Å². The molecule has 1 aromatic carbocycles. The number of rotatable bonds is 5. The molecule has 0 radical (unpaired) electrons. The molecule has 2 amide bonds. The lowest BCUT2D eigenvalue weighted by Gasteiger charge is -2.25. The Morgan fingerprint density at radius 3 is 2.04 bits per heavy atom. The van der Waals surface area contributed by atoms with Gasteiger partial charge in [-0.05, 0) is 30.5 Å². The number of ether oxygens (including phenoxy) is 1. The number of hydrogen-bond donors (Lipinski definition) is 3. The molecule has 1 unspecified atom stereocenters. The average molecular weight is 344 g/mol. The predicted molar refractivity (Wildman–Crippen MR) is 94.9 cm³/mol. The smallest absolute Gasteiger partial charge is 0.253 e. The van der Waals surface area contributed by atoms with Gasteiger partial charge in [-0.25, -0.2) is 0 Å². The van der Waals surface area contributed by atoms with Gasteiger partial charge in [0.25, 0.3) is 5.91 Å². The van der Waals surface area contributed by atoms with Crippen molar-refractivity contribution in [2.45, 2.75) is 39.8 Å². The highest BCUT2D eigenvalue weighted by atomic mass is 35.5. The molecule has 0 fully saturated rings. The zero-order valence-electron chi connectivity index (χ0n) is 14.2. The summed E-state index contributed by atoms with van der Waals surface area (Å²) in [7, 11) is 1.47. The Labute approximate surface area is 143 Å². The lowest BCUT2D eigenvalue weighted by molar-refractivity contribution is -0.124. The molecule has 7 heteroatoms. The average Bonchev–Trinajstić information content (AvgIpc) is 2.44.